The molecule has 1 aliphatic carbocycles. The van der Waals surface area contributed by atoms with Crippen molar-refractivity contribution in [1.29, 1.82) is 0 Å². The summed E-state index contributed by atoms with van der Waals surface area (Å²) < 4.78 is 5.24. The number of hydrogen-bond acceptors (Lipinski definition) is 2. The summed E-state index contributed by atoms with van der Waals surface area (Å²) in [7, 11) is 0. The summed E-state index contributed by atoms with van der Waals surface area (Å²) in [5.74, 6) is 0.258. The number of carbonyl (C=O) groups excluding carboxylic acids is 1. The van der Waals surface area contributed by atoms with Crippen LogP contribution < -0.4 is 0 Å². The van der Waals surface area contributed by atoms with Crippen molar-refractivity contribution in [3.8, 4) is 0 Å². The first-order valence-corrected chi connectivity index (χ1v) is 5.00. The summed E-state index contributed by atoms with van der Waals surface area (Å²) in [6.07, 6.45) is 4.02. The quantitative estimate of drug-likeness (QED) is 0.499. The van der Waals surface area contributed by atoms with E-state index in [2.05, 4.69) is 12.7 Å². The molecule has 0 radical (unpaired) electrons. The molecule has 2 nitrogen and oxygen atoms in total. The number of ether oxygens (including phenoxy) is 1. The fourth-order valence-corrected chi connectivity index (χ4v) is 1.74. The highest BCUT2D eigenvalue weighted by atomic mass is 16.5. The van der Waals surface area contributed by atoms with Crippen LogP contribution in [0, 0.1) is 5.92 Å². The minimum atomic E-state index is -0.204. The van der Waals surface area contributed by atoms with Crippen LogP contribution >= 0.6 is 0 Å². The molecule has 0 amide bonds. The Balaban J connectivity index is 2.66. The monoisotopic (exact) mass is 194 g/mol. The summed E-state index contributed by atoms with van der Waals surface area (Å²) in [5.41, 5.74) is 2.34. The van der Waals surface area contributed by atoms with Gasteiger partial charge >= 0.3 is 5.97 Å². The smallest absolute Gasteiger partial charge is 0.303 e. The van der Waals surface area contributed by atoms with Crippen molar-refractivity contribution in [3.05, 3.63) is 23.8 Å². The third-order valence-electron chi connectivity index (χ3n) is 2.74. The molecule has 2 atom stereocenters. The Kier molecular flexibility index (Phi) is 3.50. The zero-order chi connectivity index (χ0) is 10.7. The Hall–Kier alpha value is -1.05. The Morgan fingerprint density at radius 1 is 1.57 bits per heavy atom. The minimum Gasteiger partial charge on any atom is -0.458 e. The van der Waals surface area contributed by atoms with E-state index in [9.17, 15) is 4.79 Å². The zero-order valence-electron chi connectivity index (χ0n) is 9.17. The van der Waals surface area contributed by atoms with Gasteiger partial charge in [0.15, 0.2) is 0 Å². The molecule has 0 aromatic carbocycles. The van der Waals surface area contributed by atoms with Crippen molar-refractivity contribution in [1.82, 2.24) is 0 Å². The van der Waals surface area contributed by atoms with E-state index in [4.69, 9.17) is 4.74 Å². The first-order chi connectivity index (χ1) is 6.50. The molecule has 0 unspecified atom stereocenters. The van der Waals surface area contributed by atoms with Gasteiger partial charge in [-0.3, -0.25) is 4.79 Å². The van der Waals surface area contributed by atoms with Gasteiger partial charge in [0.05, 0.1) is 0 Å². The molecule has 1 rings (SSSR count). The number of esters is 1. The molecule has 0 bridgehead atoms. The topological polar surface area (TPSA) is 26.3 Å². The molecule has 2 heteroatoms. The lowest BCUT2D eigenvalue weighted by Crippen LogP contribution is -2.25. The van der Waals surface area contributed by atoms with Crippen LogP contribution in [0.2, 0.25) is 0 Å². The largest absolute Gasteiger partial charge is 0.458 e. The van der Waals surface area contributed by atoms with E-state index >= 15 is 0 Å². The molecule has 78 valence electrons. The third-order valence-corrected chi connectivity index (χ3v) is 2.74. The predicted molar refractivity (Wildman–Crippen MR) is 56.8 cm³/mol. The van der Waals surface area contributed by atoms with Crippen molar-refractivity contribution < 1.29 is 9.53 Å². The standard InChI is InChI=1S/C12H18O2/c1-8(2)11-6-5-9(3)12(7-11)14-10(4)13/h5,11-12H,1,6-7H2,2-4H3/t11-,12+/m0/s1. The van der Waals surface area contributed by atoms with Gasteiger partial charge < -0.3 is 4.74 Å². The first kappa shape index (κ1) is 11.0. The van der Waals surface area contributed by atoms with Crippen LogP contribution in [-0.2, 0) is 9.53 Å². The lowest BCUT2D eigenvalue weighted by molar-refractivity contribution is -0.145. The van der Waals surface area contributed by atoms with Gasteiger partial charge in [0, 0.05) is 6.92 Å². The van der Waals surface area contributed by atoms with Crippen LogP contribution in [0.15, 0.2) is 23.8 Å². The van der Waals surface area contributed by atoms with E-state index in [-0.39, 0.29) is 12.1 Å². The molecule has 0 aromatic heterocycles. The average molecular weight is 194 g/mol. The van der Waals surface area contributed by atoms with E-state index < -0.39 is 0 Å². The molecule has 1 aliphatic rings. The predicted octanol–water partition coefficient (Wildman–Crippen LogP) is 2.85. The van der Waals surface area contributed by atoms with E-state index in [1.165, 1.54) is 12.5 Å². The van der Waals surface area contributed by atoms with Crippen molar-refractivity contribution in [2.24, 2.45) is 5.92 Å². The molecule has 0 aromatic rings. The van der Waals surface area contributed by atoms with Crippen LogP contribution in [0.1, 0.15) is 33.6 Å². The summed E-state index contributed by atoms with van der Waals surface area (Å²) in [6, 6.07) is 0. The Bertz CT molecular complexity index is 276. The maximum Gasteiger partial charge on any atom is 0.303 e. The Morgan fingerprint density at radius 2 is 2.21 bits per heavy atom. The van der Waals surface area contributed by atoms with Crippen molar-refractivity contribution in [3.63, 3.8) is 0 Å². The minimum absolute atomic E-state index is 0.0389. The average Bonchev–Trinajstić information content (AvgIpc) is 2.07. The van der Waals surface area contributed by atoms with Crippen LogP contribution in [0.4, 0.5) is 0 Å². The number of rotatable bonds is 2. The molecule has 14 heavy (non-hydrogen) atoms. The van der Waals surface area contributed by atoms with Gasteiger partial charge in [-0.25, -0.2) is 0 Å². The molecule has 0 saturated carbocycles. The molecule has 0 saturated heterocycles. The first-order valence-electron chi connectivity index (χ1n) is 5.00. The van der Waals surface area contributed by atoms with Gasteiger partial charge in [0.2, 0.25) is 0 Å². The third kappa shape index (κ3) is 2.72. The van der Waals surface area contributed by atoms with Gasteiger partial charge in [0.1, 0.15) is 6.10 Å². The van der Waals surface area contributed by atoms with Crippen molar-refractivity contribution in [2.45, 2.75) is 39.7 Å². The number of allylic oxidation sites excluding steroid dienone is 2. The van der Waals surface area contributed by atoms with Crippen molar-refractivity contribution in [2.75, 3.05) is 0 Å². The maximum absolute atomic E-state index is 10.9. The van der Waals surface area contributed by atoms with Crippen molar-refractivity contribution >= 4 is 5.97 Å². The highest BCUT2D eigenvalue weighted by Crippen LogP contribution is 2.30. The fraction of sp³-hybridized carbons (Fsp3) is 0.583. The highest BCUT2D eigenvalue weighted by molar-refractivity contribution is 5.66. The van der Waals surface area contributed by atoms with Crippen LogP contribution in [0.5, 0.6) is 0 Å². The highest BCUT2D eigenvalue weighted by Gasteiger charge is 2.24. The van der Waals surface area contributed by atoms with Gasteiger partial charge in [-0.2, -0.15) is 0 Å². The van der Waals surface area contributed by atoms with Gasteiger partial charge in [-0.1, -0.05) is 18.2 Å². The molecule has 0 spiro atoms. The van der Waals surface area contributed by atoms with Gasteiger partial charge in [-0.15, -0.1) is 0 Å². The lowest BCUT2D eigenvalue weighted by atomic mass is 9.84. The molecule has 0 N–H and O–H groups in total. The molecule has 0 heterocycles. The van der Waals surface area contributed by atoms with E-state index in [1.54, 1.807) is 0 Å². The molecular weight excluding hydrogens is 176 g/mol. The summed E-state index contributed by atoms with van der Waals surface area (Å²) >= 11 is 0. The van der Waals surface area contributed by atoms with Crippen LogP contribution in [-0.4, -0.2) is 12.1 Å². The molecule has 0 fully saturated rings. The molecular formula is C12H18O2. The zero-order valence-corrected chi connectivity index (χ0v) is 9.17. The lowest BCUT2D eigenvalue weighted by Gasteiger charge is -2.28. The Morgan fingerprint density at radius 3 is 2.71 bits per heavy atom. The van der Waals surface area contributed by atoms with E-state index in [0.717, 1.165) is 18.4 Å². The number of hydrogen-bond donors (Lipinski definition) is 0. The van der Waals surface area contributed by atoms with E-state index in [0.29, 0.717) is 5.92 Å². The second-order valence-corrected chi connectivity index (χ2v) is 4.06. The number of carbonyl (C=O) groups is 1. The normalized spacial score (nSPS) is 26.6. The fourth-order valence-electron chi connectivity index (χ4n) is 1.74. The summed E-state index contributed by atoms with van der Waals surface area (Å²) in [5, 5.41) is 0. The summed E-state index contributed by atoms with van der Waals surface area (Å²) in [6.45, 7) is 9.45. The van der Waals surface area contributed by atoms with Gasteiger partial charge in [0.25, 0.3) is 0 Å². The second-order valence-electron chi connectivity index (χ2n) is 4.06. The SMILES string of the molecule is C=C(C)[C@H]1CC=C(C)[C@H](OC(C)=O)C1. The van der Waals surface area contributed by atoms with E-state index in [1.807, 2.05) is 13.8 Å². The Labute approximate surface area is 85.6 Å². The maximum atomic E-state index is 10.9. The molecule has 0 aliphatic heterocycles. The summed E-state index contributed by atoms with van der Waals surface area (Å²) in [4.78, 5) is 10.9. The van der Waals surface area contributed by atoms with Gasteiger partial charge in [-0.05, 0) is 38.2 Å². The van der Waals surface area contributed by atoms with Crippen LogP contribution in [0.25, 0.3) is 0 Å². The van der Waals surface area contributed by atoms with Crippen LogP contribution in [0.3, 0.4) is 0 Å². The second kappa shape index (κ2) is 4.45.